The summed E-state index contributed by atoms with van der Waals surface area (Å²) in [4.78, 5) is 12.6. The minimum atomic E-state index is -0.445. The summed E-state index contributed by atoms with van der Waals surface area (Å²) in [7, 11) is 7.58. The van der Waals surface area contributed by atoms with Gasteiger partial charge in [-0.1, -0.05) is 18.2 Å². The molecule has 4 N–H and O–H groups in total. The van der Waals surface area contributed by atoms with E-state index < -0.39 is 5.91 Å². The molecule has 3 rings (SSSR count). The van der Waals surface area contributed by atoms with Crippen LogP contribution in [0.1, 0.15) is 16.7 Å². The molecule has 0 radical (unpaired) electrons. The number of hydrogen-bond donors (Lipinski definition) is 3. The number of phenolic OH excluding ortho intramolecular Hbond substituents is 1. The van der Waals surface area contributed by atoms with Crippen molar-refractivity contribution in [3.05, 3.63) is 65.2 Å². The number of nitrogens with one attached hydrogen (secondary N) is 1. The average Bonchev–Trinajstić information content (AvgIpc) is 2.91. The number of nitrogens with two attached hydrogens (primary N) is 1. The van der Waals surface area contributed by atoms with E-state index in [1.807, 2.05) is 6.08 Å². The van der Waals surface area contributed by atoms with Crippen LogP contribution in [0.2, 0.25) is 0 Å². The number of aromatic hydroxyl groups is 1. The number of rotatable bonds is 10. The molecule has 194 valence electrons. The second-order valence-corrected chi connectivity index (χ2v) is 7.74. The second-order valence-electron chi connectivity index (χ2n) is 7.74. The first-order valence-electron chi connectivity index (χ1n) is 11.1. The minimum absolute atomic E-state index is 0.188. The molecule has 0 atom stereocenters. The third kappa shape index (κ3) is 6.46. The number of carbonyl (C=O) groups excluding carboxylic acids is 1. The summed E-state index contributed by atoms with van der Waals surface area (Å²) in [6.45, 7) is 0. The van der Waals surface area contributed by atoms with E-state index in [0.717, 1.165) is 11.1 Å². The number of anilines is 2. The molecule has 0 saturated heterocycles. The molecular formula is C28H30N2O7. The molecule has 0 spiro atoms. The zero-order chi connectivity index (χ0) is 26.9. The van der Waals surface area contributed by atoms with Crippen molar-refractivity contribution in [3.8, 4) is 34.5 Å². The van der Waals surface area contributed by atoms with Gasteiger partial charge in [-0.2, -0.15) is 0 Å². The maximum absolute atomic E-state index is 12.6. The van der Waals surface area contributed by atoms with Crippen LogP contribution in [0.3, 0.4) is 0 Å². The summed E-state index contributed by atoms with van der Waals surface area (Å²) in [6, 6.07) is 12.0. The van der Waals surface area contributed by atoms with Crippen molar-refractivity contribution >= 4 is 35.5 Å². The van der Waals surface area contributed by atoms with Gasteiger partial charge in [-0.15, -0.1) is 0 Å². The summed E-state index contributed by atoms with van der Waals surface area (Å²) < 4.78 is 26.7. The molecule has 0 aliphatic carbocycles. The zero-order valence-corrected chi connectivity index (χ0v) is 21.3. The molecule has 0 aliphatic rings. The lowest BCUT2D eigenvalue weighted by Crippen LogP contribution is -2.08. The first-order chi connectivity index (χ1) is 17.8. The van der Waals surface area contributed by atoms with E-state index in [2.05, 4.69) is 5.32 Å². The number of ether oxygens (including phenoxy) is 5. The van der Waals surface area contributed by atoms with E-state index >= 15 is 0 Å². The van der Waals surface area contributed by atoms with Crippen molar-refractivity contribution in [1.82, 2.24) is 0 Å². The Labute approximate surface area is 215 Å². The average molecular weight is 507 g/mol. The van der Waals surface area contributed by atoms with E-state index in [-0.39, 0.29) is 17.2 Å². The van der Waals surface area contributed by atoms with Gasteiger partial charge in [0.2, 0.25) is 11.7 Å². The summed E-state index contributed by atoms with van der Waals surface area (Å²) >= 11 is 0. The quantitative estimate of drug-likeness (QED) is 0.155. The van der Waals surface area contributed by atoms with Gasteiger partial charge in [0.1, 0.15) is 5.75 Å². The molecule has 0 fully saturated rings. The van der Waals surface area contributed by atoms with Gasteiger partial charge >= 0.3 is 0 Å². The zero-order valence-electron chi connectivity index (χ0n) is 21.3. The van der Waals surface area contributed by atoms with E-state index in [9.17, 15) is 9.90 Å². The molecule has 0 aromatic heterocycles. The number of hydrogen-bond acceptors (Lipinski definition) is 8. The van der Waals surface area contributed by atoms with Crippen LogP contribution in [0.5, 0.6) is 34.5 Å². The monoisotopic (exact) mass is 506 g/mol. The number of phenols is 1. The fourth-order valence-corrected chi connectivity index (χ4v) is 3.54. The maximum atomic E-state index is 12.6. The van der Waals surface area contributed by atoms with E-state index in [1.54, 1.807) is 68.8 Å². The molecule has 9 heteroatoms. The highest BCUT2D eigenvalue weighted by Gasteiger charge is 2.14. The lowest BCUT2D eigenvalue weighted by Gasteiger charge is -2.13. The highest BCUT2D eigenvalue weighted by atomic mass is 16.5. The third-order valence-corrected chi connectivity index (χ3v) is 5.42. The standard InChI is InChI=1S/C28H30N2O7/c1-33-22-13-17(8-10-20(22)29)9-11-26(31)30-21-12-18(14-23(34-2)27(21)32)6-7-19-15-24(35-3)28(37-5)25(16-19)36-4/h6-16,32H,29H2,1-5H3,(H,30,31)/b7-6?,11-9+. The third-order valence-electron chi connectivity index (χ3n) is 5.42. The largest absolute Gasteiger partial charge is 0.503 e. The number of benzene rings is 3. The molecule has 0 heterocycles. The van der Waals surface area contributed by atoms with Gasteiger partial charge < -0.3 is 39.8 Å². The van der Waals surface area contributed by atoms with Crippen LogP contribution in [-0.4, -0.2) is 46.6 Å². The van der Waals surface area contributed by atoms with Crippen LogP contribution in [0.25, 0.3) is 18.2 Å². The smallest absolute Gasteiger partial charge is 0.248 e. The summed E-state index contributed by atoms with van der Waals surface area (Å²) in [5, 5.41) is 13.2. The highest BCUT2D eigenvalue weighted by Crippen LogP contribution is 2.39. The summed E-state index contributed by atoms with van der Waals surface area (Å²) in [5.74, 6) is 1.60. The first-order valence-corrected chi connectivity index (χ1v) is 11.1. The number of carbonyl (C=O) groups is 1. The van der Waals surface area contributed by atoms with E-state index in [0.29, 0.717) is 34.2 Å². The van der Waals surface area contributed by atoms with Gasteiger partial charge in [0, 0.05) is 6.08 Å². The Morgan fingerprint density at radius 1 is 0.730 bits per heavy atom. The SMILES string of the molecule is COc1cc(/C=C/C(=O)Nc2cc(C=Cc3cc(OC)c(OC)c(OC)c3)cc(OC)c2O)ccc1N. The van der Waals surface area contributed by atoms with Gasteiger partial charge in [0.25, 0.3) is 0 Å². The van der Waals surface area contributed by atoms with Crippen LogP contribution in [0, 0.1) is 0 Å². The Balaban J connectivity index is 1.86. The Hall–Kier alpha value is -4.79. The fourth-order valence-electron chi connectivity index (χ4n) is 3.54. The first kappa shape index (κ1) is 26.8. The predicted molar refractivity (Wildman–Crippen MR) is 145 cm³/mol. The molecule has 3 aromatic rings. The van der Waals surface area contributed by atoms with Crippen LogP contribution >= 0.6 is 0 Å². The second kappa shape index (κ2) is 12.3. The Bertz CT molecular complexity index is 1310. The van der Waals surface area contributed by atoms with Crippen LogP contribution in [0.15, 0.2) is 48.5 Å². The van der Waals surface area contributed by atoms with Crippen molar-refractivity contribution in [3.63, 3.8) is 0 Å². The summed E-state index contributed by atoms with van der Waals surface area (Å²) in [5.41, 5.74) is 8.70. The molecule has 0 bridgehead atoms. The maximum Gasteiger partial charge on any atom is 0.248 e. The molecule has 0 aliphatic heterocycles. The van der Waals surface area contributed by atoms with Crippen LogP contribution < -0.4 is 34.7 Å². The molecule has 37 heavy (non-hydrogen) atoms. The van der Waals surface area contributed by atoms with Crippen molar-refractivity contribution in [1.29, 1.82) is 0 Å². The van der Waals surface area contributed by atoms with Gasteiger partial charge in [-0.25, -0.2) is 0 Å². The summed E-state index contributed by atoms with van der Waals surface area (Å²) in [6.07, 6.45) is 6.58. The number of amides is 1. The molecule has 0 saturated carbocycles. The molecule has 0 unspecified atom stereocenters. The van der Waals surface area contributed by atoms with Crippen molar-refractivity contribution in [2.45, 2.75) is 0 Å². The Morgan fingerprint density at radius 2 is 1.27 bits per heavy atom. The van der Waals surface area contributed by atoms with Gasteiger partial charge in [-0.3, -0.25) is 4.79 Å². The molecule has 3 aromatic carbocycles. The lowest BCUT2D eigenvalue weighted by atomic mass is 10.1. The topological polar surface area (TPSA) is 122 Å². The minimum Gasteiger partial charge on any atom is -0.503 e. The molecule has 1 amide bonds. The predicted octanol–water partition coefficient (Wildman–Crippen LogP) is 4.84. The highest BCUT2D eigenvalue weighted by molar-refractivity contribution is 6.03. The normalized spacial score (nSPS) is 10.9. The van der Waals surface area contributed by atoms with Gasteiger partial charge in [0.05, 0.1) is 46.9 Å². The number of methoxy groups -OCH3 is 5. The van der Waals surface area contributed by atoms with Gasteiger partial charge in [-0.05, 0) is 59.2 Å². The number of nitrogen functional groups attached to an aromatic ring is 1. The van der Waals surface area contributed by atoms with E-state index in [4.69, 9.17) is 29.4 Å². The van der Waals surface area contributed by atoms with Crippen molar-refractivity contribution < 1.29 is 33.6 Å². The molecule has 9 nitrogen and oxygen atoms in total. The molecular weight excluding hydrogens is 476 g/mol. The van der Waals surface area contributed by atoms with Crippen molar-refractivity contribution in [2.75, 3.05) is 46.6 Å². The van der Waals surface area contributed by atoms with Gasteiger partial charge in [0.15, 0.2) is 23.0 Å². The lowest BCUT2D eigenvalue weighted by molar-refractivity contribution is -0.111. The van der Waals surface area contributed by atoms with Crippen molar-refractivity contribution in [2.24, 2.45) is 0 Å². The van der Waals surface area contributed by atoms with E-state index in [1.165, 1.54) is 27.4 Å². The fraction of sp³-hybridized carbons (Fsp3) is 0.179. The van der Waals surface area contributed by atoms with Crippen LogP contribution in [-0.2, 0) is 4.79 Å². The Kier molecular flexibility index (Phi) is 8.88. The Morgan fingerprint density at radius 3 is 1.84 bits per heavy atom. The van der Waals surface area contributed by atoms with Crippen LogP contribution in [0.4, 0.5) is 11.4 Å².